The Hall–Kier alpha value is -1.75. The van der Waals surface area contributed by atoms with Crippen LogP contribution in [0.15, 0.2) is 18.2 Å². The molecule has 2 rings (SSSR count). The van der Waals surface area contributed by atoms with Crippen LogP contribution in [-0.2, 0) is 0 Å². The second-order valence-corrected chi connectivity index (χ2v) is 5.26. The van der Waals surface area contributed by atoms with Crippen molar-refractivity contribution in [2.75, 3.05) is 6.61 Å². The fourth-order valence-corrected chi connectivity index (χ4v) is 2.56. The van der Waals surface area contributed by atoms with Gasteiger partial charge in [-0.1, -0.05) is 12.8 Å². The molecule has 0 heterocycles. The molecule has 2 N–H and O–H groups in total. The number of aliphatic hydroxyl groups is 1. The first-order chi connectivity index (χ1) is 10.1. The molecule has 0 saturated heterocycles. The van der Waals surface area contributed by atoms with Crippen LogP contribution in [0.2, 0.25) is 0 Å². The number of hydrogen-bond acceptors (Lipinski definition) is 4. The van der Waals surface area contributed by atoms with E-state index in [4.69, 9.17) is 14.6 Å². The van der Waals surface area contributed by atoms with Crippen molar-refractivity contribution in [3.63, 3.8) is 0 Å². The summed E-state index contributed by atoms with van der Waals surface area (Å²) in [6.07, 6.45) is 3.93. The first-order valence-corrected chi connectivity index (χ1v) is 7.46. The van der Waals surface area contributed by atoms with Crippen LogP contribution in [-0.4, -0.2) is 35.0 Å². The number of rotatable bonds is 5. The zero-order chi connectivity index (χ0) is 15.2. The number of aliphatic hydroxyl groups excluding tert-OH is 1. The molecule has 5 nitrogen and oxygen atoms in total. The number of carbonyl (C=O) groups is 1. The van der Waals surface area contributed by atoms with Gasteiger partial charge in [0, 0.05) is 0 Å². The molecule has 0 bridgehead atoms. The van der Waals surface area contributed by atoms with E-state index >= 15 is 0 Å². The molecule has 0 aliphatic heterocycles. The molecule has 0 radical (unpaired) electrons. The second-order valence-electron chi connectivity index (χ2n) is 5.26. The number of aromatic carboxylic acids is 1. The minimum atomic E-state index is -1.00. The van der Waals surface area contributed by atoms with Crippen LogP contribution >= 0.6 is 0 Å². The Morgan fingerprint density at radius 1 is 1.24 bits per heavy atom. The van der Waals surface area contributed by atoms with E-state index in [-0.39, 0.29) is 11.7 Å². The van der Waals surface area contributed by atoms with Crippen molar-refractivity contribution in [3.8, 4) is 11.5 Å². The molecular weight excluding hydrogens is 272 g/mol. The van der Waals surface area contributed by atoms with Crippen LogP contribution in [0, 0.1) is 0 Å². The lowest BCUT2D eigenvalue weighted by atomic mass is 10.1. The number of benzene rings is 1. The van der Waals surface area contributed by atoms with Crippen LogP contribution in [0.5, 0.6) is 11.5 Å². The third-order valence-corrected chi connectivity index (χ3v) is 3.69. The number of hydrogen-bond donors (Lipinski definition) is 2. The molecule has 1 aromatic carbocycles. The molecule has 1 fully saturated rings. The van der Waals surface area contributed by atoms with Gasteiger partial charge in [-0.15, -0.1) is 0 Å². The van der Waals surface area contributed by atoms with Crippen LogP contribution in [0.3, 0.4) is 0 Å². The monoisotopic (exact) mass is 294 g/mol. The minimum absolute atomic E-state index is 0.159. The molecule has 0 amide bonds. The van der Waals surface area contributed by atoms with Gasteiger partial charge in [0.2, 0.25) is 0 Å². The Balaban J connectivity index is 2.19. The summed E-state index contributed by atoms with van der Waals surface area (Å²) >= 11 is 0. The predicted octanol–water partition coefficient (Wildman–Crippen LogP) is 2.86. The van der Waals surface area contributed by atoms with Gasteiger partial charge in [0.25, 0.3) is 0 Å². The normalized spacial score (nSPS) is 22.4. The van der Waals surface area contributed by atoms with Crippen molar-refractivity contribution in [3.05, 3.63) is 23.8 Å². The number of carboxylic acids is 1. The maximum Gasteiger partial charge on any atom is 0.335 e. The van der Waals surface area contributed by atoms with Gasteiger partial charge in [0.15, 0.2) is 11.5 Å². The third-order valence-electron chi connectivity index (χ3n) is 3.69. The minimum Gasteiger partial charge on any atom is -0.490 e. The highest BCUT2D eigenvalue weighted by molar-refractivity contribution is 5.88. The van der Waals surface area contributed by atoms with E-state index < -0.39 is 12.1 Å². The van der Waals surface area contributed by atoms with Gasteiger partial charge >= 0.3 is 5.97 Å². The largest absolute Gasteiger partial charge is 0.490 e. The van der Waals surface area contributed by atoms with Crippen LogP contribution in [0.25, 0.3) is 0 Å². The van der Waals surface area contributed by atoms with Gasteiger partial charge in [0.1, 0.15) is 6.10 Å². The summed E-state index contributed by atoms with van der Waals surface area (Å²) in [4.78, 5) is 11.0. The zero-order valence-corrected chi connectivity index (χ0v) is 12.2. The van der Waals surface area contributed by atoms with E-state index in [0.717, 1.165) is 32.1 Å². The van der Waals surface area contributed by atoms with Crippen molar-refractivity contribution in [2.24, 2.45) is 0 Å². The van der Waals surface area contributed by atoms with Crippen LogP contribution in [0.4, 0.5) is 0 Å². The summed E-state index contributed by atoms with van der Waals surface area (Å²) in [5, 5.41) is 19.1. The maximum atomic E-state index is 11.0. The lowest BCUT2D eigenvalue weighted by Gasteiger charge is -2.23. The predicted molar refractivity (Wildman–Crippen MR) is 78.1 cm³/mol. The van der Waals surface area contributed by atoms with Gasteiger partial charge in [-0.3, -0.25) is 0 Å². The molecular formula is C16H22O5. The molecule has 1 aromatic rings. The SMILES string of the molecule is CCOc1cc(C(=O)O)ccc1OC1CCCCCC1O. The number of carboxylic acid groups (broad SMARTS) is 1. The van der Waals surface area contributed by atoms with E-state index in [1.807, 2.05) is 6.92 Å². The van der Waals surface area contributed by atoms with Gasteiger partial charge in [-0.2, -0.15) is 0 Å². The molecule has 2 atom stereocenters. The summed E-state index contributed by atoms with van der Waals surface area (Å²) in [7, 11) is 0. The summed E-state index contributed by atoms with van der Waals surface area (Å²) in [6, 6.07) is 4.56. The van der Waals surface area contributed by atoms with E-state index in [9.17, 15) is 9.90 Å². The van der Waals surface area contributed by atoms with E-state index in [0.29, 0.717) is 18.1 Å². The standard InChI is InChI=1S/C16H22O5/c1-2-20-15-10-11(16(18)19)8-9-14(15)21-13-7-5-3-4-6-12(13)17/h8-10,12-13,17H,2-7H2,1H3,(H,18,19). The van der Waals surface area contributed by atoms with Gasteiger partial charge < -0.3 is 19.7 Å². The topological polar surface area (TPSA) is 76.0 Å². The molecule has 116 valence electrons. The fraction of sp³-hybridized carbons (Fsp3) is 0.562. The van der Waals surface area contributed by atoms with Crippen LogP contribution in [0.1, 0.15) is 49.4 Å². The lowest BCUT2D eigenvalue weighted by molar-refractivity contribution is 0.0302. The average Bonchev–Trinajstić information content (AvgIpc) is 2.66. The molecule has 1 aliphatic carbocycles. The van der Waals surface area contributed by atoms with E-state index in [1.54, 1.807) is 6.07 Å². The molecule has 0 aromatic heterocycles. The Kier molecular flexibility index (Phi) is 5.44. The highest BCUT2D eigenvalue weighted by Crippen LogP contribution is 2.32. The molecule has 1 saturated carbocycles. The van der Waals surface area contributed by atoms with Gasteiger partial charge in [-0.25, -0.2) is 4.79 Å². The summed E-state index contributed by atoms with van der Waals surface area (Å²) in [5.41, 5.74) is 0.159. The Morgan fingerprint density at radius 3 is 2.71 bits per heavy atom. The second kappa shape index (κ2) is 7.31. The maximum absolute atomic E-state index is 11.0. The Morgan fingerprint density at radius 2 is 2.00 bits per heavy atom. The quantitative estimate of drug-likeness (QED) is 0.817. The highest BCUT2D eigenvalue weighted by Gasteiger charge is 2.24. The van der Waals surface area contributed by atoms with Crippen molar-refractivity contribution < 1.29 is 24.5 Å². The molecule has 5 heteroatoms. The van der Waals surface area contributed by atoms with E-state index in [1.165, 1.54) is 12.1 Å². The lowest BCUT2D eigenvalue weighted by Crippen LogP contribution is -2.30. The Labute approximate surface area is 124 Å². The van der Waals surface area contributed by atoms with Crippen LogP contribution < -0.4 is 9.47 Å². The summed E-state index contributed by atoms with van der Waals surface area (Å²) < 4.78 is 11.4. The first-order valence-electron chi connectivity index (χ1n) is 7.46. The first kappa shape index (κ1) is 15.6. The molecule has 2 unspecified atom stereocenters. The van der Waals surface area contributed by atoms with Gasteiger partial charge in [-0.05, 0) is 44.4 Å². The summed E-state index contributed by atoms with van der Waals surface area (Å²) in [6.45, 7) is 2.25. The smallest absolute Gasteiger partial charge is 0.335 e. The molecule has 0 spiro atoms. The molecule has 21 heavy (non-hydrogen) atoms. The van der Waals surface area contributed by atoms with Crippen molar-refractivity contribution >= 4 is 5.97 Å². The summed E-state index contributed by atoms with van der Waals surface area (Å²) in [5.74, 6) is -0.0985. The zero-order valence-electron chi connectivity index (χ0n) is 12.2. The van der Waals surface area contributed by atoms with Crippen molar-refractivity contribution in [1.82, 2.24) is 0 Å². The highest BCUT2D eigenvalue weighted by atomic mass is 16.5. The Bertz CT molecular complexity index is 486. The fourth-order valence-electron chi connectivity index (χ4n) is 2.56. The number of ether oxygens (including phenoxy) is 2. The van der Waals surface area contributed by atoms with Gasteiger partial charge in [0.05, 0.1) is 18.3 Å². The average molecular weight is 294 g/mol. The van der Waals surface area contributed by atoms with E-state index in [2.05, 4.69) is 0 Å². The van der Waals surface area contributed by atoms with Crippen molar-refractivity contribution in [2.45, 2.75) is 51.2 Å². The third kappa shape index (κ3) is 4.11. The molecule has 1 aliphatic rings. The van der Waals surface area contributed by atoms with Crippen molar-refractivity contribution in [1.29, 1.82) is 0 Å².